The first-order valence-electron chi connectivity index (χ1n) is 6.79. The summed E-state index contributed by atoms with van der Waals surface area (Å²) in [6, 6.07) is 0.845. The van der Waals surface area contributed by atoms with Gasteiger partial charge in [-0.25, -0.2) is 22.0 Å². The Labute approximate surface area is 119 Å². The molecule has 6 heteroatoms. The molecular formula is C15H15F5O. The van der Waals surface area contributed by atoms with E-state index in [1.54, 1.807) is 0 Å². The van der Waals surface area contributed by atoms with E-state index in [2.05, 4.69) is 0 Å². The molecule has 1 fully saturated rings. The zero-order chi connectivity index (χ0) is 15.6. The van der Waals surface area contributed by atoms with Gasteiger partial charge >= 0.3 is 0 Å². The van der Waals surface area contributed by atoms with Gasteiger partial charge in [-0.15, -0.1) is 0 Å². The van der Waals surface area contributed by atoms with E-state index in [1.807, 2.05) is 6.92 Å². The monoisotopic (exact) mass is 306 g/mol. The molecule has 0 saturated carbocycles. The Morgan fingerprint density at radius 2 is 1.76 bits per heavy atom. The minimum Gasteiger partial charge on any atom is -0.368 e. The van der Waals surface area contributed by atoms with Crippen molar-refractivity contribution in [1.29, 1.82) is 0 Å². The Kier molecular flexibility index (Phi) is 4.98. The molecule has 2 atom stereocenters. The molecule has 1 saturated heterocycles. The molecule has 0 bridgehead atoms. The molecule has 2 unspecified atom stereocenters. The maximum absolute atomic E-state index is 14.0. The molecule has 0 amide bonds. The third-order valence-corrected chi connectivity index (χ3v) is 3.45. The lowest BCUT2D eigenvalue weighted by molar-refractivity contribution is 0.0480. The quantitative estimate of drug-likeness (QED) is 0.558. The summed E-state index contributed by atoms with van der Waals surface area (Å²) in [6.07, 6.45) is 1.31. The Morgan fingerprint density at radius 1 is 1.14 bits per heavy atom. The van der Waals surface area contributed by atoms with Crippen LogP contribution in [-0.4, -0.2) is 12.2 Å². The Hall–Kier alpha value is -1.43. The molecule has 0 spiro atoms. The molecular weight excluding hydrogens is 291 g/mol. The van der Waals surface area contributed by atoms with E-state index in [1.165, 1.54) is 0 Å². The van der Waals surface area contributed by atoms with Crippen molar-refractivity contribution in [1.82, 2.24) is 0 Å². The number of hydrogen-bond acceptors (Lipinski definition) is 1. The topological polar surface area (TPSA) is 9.23 Å². The highest BCUT2D eigenvalue weighted by Gasteiger charge is 2.30. The minimum atomic E-state index is -1.72. The fourth-order valence-corrected chi connectivity index (χ4v) is 2.39. The van der Waals surface area contributed by atoms with Gasteiger partial charge in [0.2, 0.25) is 0 Å². The number of halogens is 5. The molecule has 0 N–H and O–H groups in total. The molecule has 1 aliphatic heterocycles. The van der Waals surface area contributed by atoms with Gasteiger partial charge in [-0.1, -0.05) is 13.3 Å². The van der Waals surface area contributed by atoms with Crippen LogP contribution < -0.4 is 0 Å². The van der Waals surface area contributed by atoms with Crippen LogP contribution in [0, 0.1) is 17.5 Å². The Balaban J connectivity index is 2.23. The maximum Gasteiger partial charge on any atom is 0.194 e. The second kappa shape index (κ2) is 6.56. The number of benzene rings is 1. The fraction of sp³-hybridized carbons (Fsp3) is 0.467. The molecule has 1 aromatic carbocycles. The van der Waals surface area contributed by atoms with Crippen LogP contribution in [0.1, 0.15) is 38.2 Å². The van der Waals surface area contributed by atoms with Gasteiger partial charge in [0.1, 0.15) is 6.10 Å². The van der Waals surface area contributed by atoms with Gasteiger partial charge in [0.15, 0.2) is 29.1 Å². The van der Waals surface area contributed by atoms with E-state index in [4.69, 9.17) is 4.74 Å². The molecule has 116 valence electrons. The first-order valence-corrected chi connectivity index (χ1v) is 6.79. The van der Waals surface area contributed by atoms with Crippen molar-refractivity contribution >= 4 is 5.83 Å². The summed E-state index contributed by atoms with van der Waals surface area (Å²) in [6.45, 7) is 1.95. The van der Waals surface area contributed by atoms with Crippen LogP contribution in [0.2, 0.25) is 0 Å². The number of ether oxygens (including phenoxy) is 1. The summed E-state index contributed by atoms with van der Waals surface area (Å²) in [5, 5.41) is 0. The van der Waals surface area contributed by atoms with Gasteiger partial charge in [0.05, 0.1) is 6.10 Å². The van der Waals surface area contributed by atoms with Crippen molar-refractivity contribution < 1.29 is 26.7 Å². The largest absolute Gasteiger partial charge is 0.368 e. The lowest BCUT2D eigenvalue weighted by Crippen LogP contribution is -2.12. The van der Waals surface area contributed by atoms with E-state index < -0.39 is 40.8 Å². The van der Waals surface area contributed by atoms with E-state index in [9.17, 15) is 22.0 Å². The van der Waals surface area contributed by atoms with Gasteiger partial charge in [-0.05, 0) is 31.4 Å². The minimum absolute atomic E-state index is 0.139. The molecule has 1 heterocycles. The van der Waals surface area contributed by atoms with Crippen molar-refractivity contribution in [2.24, 2.45) is 0 Å². The van der Waals surface area contributed by atoms with Crippen molar-refractivity contribution in [3.05, 3.63) is 41.0 Å². The van der Waals surface area contributed by atoms with Crippen LogP contribution in [0.4, 0.5) is 22.0 Å². The fourth-order valence-electron chi connectivity index (χ4n) is 2.39. The summed E-state index contributed by atoms with van der Waals surface area (Å²) in [4.78, 5) is 0. The molecule has 21 heavy (non-hydrogen) atoms. The molecule has 1 aromatic rings. The molecule has 1 aliphatic rings. The van der Waals surface area contributed by atoms with E-state index in [-0.39, 0.29) is 6.10 Å². The second-order valence-corrected chi connectivity index (χ2v) is 5.03. The first-order chi connectivity index (χ1) is 9.93. The van der Waals surface area contributed by atoms with Crippen LogP contribution >= 0.6 is 0 Å². The van der Waals surface area contributed by atoms with E-state index >= 15 is 0 Å². The predicted octanol–water partition coefficient (Wildman–Crippen LogP) is 5.06. The van der Waals surface area contributed by atoms with Gasteiger partial charge in [0.25, 0.3) is 0 Å². The zero-order valence-electron chi connectivity index (χ0n) is 11.4. The Bertz CT molecular complexity index is 532. The third kappa shape index (κ3) is 3.43. The van der Waals surface area contributed by atoms with Crippen LogP contribution in [0.25, 0.3) is 5.83 Å². The van der Waals surface area contributed by atoms with Gasteiger partial charge < -0.3 is 4.74 Å². The van der Waals surface area contributed by atoms with Gasteiger partial charge in [-0.3, -0.25) is 0 Å². The van der Waals surface area contributed by atoms with E-state index in [0.717, 1.165) is 12.8 Å². The maximum atomic E-state index is 14.0. The van der Waals surface area contributed by atoms with Crippen LogP contribution in [0.3, 0.4) is 0 Å². The lowest BCUT2D eigenvalue weighted by Gasteiger charge is -2.12. The number of rotatable bonds is 4. The van der Waals surface area contributed by atoms with Gasteiger partial charge in [-0.2, -0.15) is 0 Å². The molecule has 0 aromatic heterocycles. The average molecular weight is 306 g/mol. The Morgan fingerprint density at radius 3 is 2.33 bits per heavy atom. The summed E-state index contributed by atoms with van der Waals surface area (Å²) in [5.74, 6) is -7.48. The second-order valence-electron chi connectivity index (χ2n) is 5.03. The molecule has 0 radical (unpaired) electrons. The summed E-state index contributed by atoms with van der Waals surface area (Å²) < 4.78 is 72.2. The van der Waals surface area contributed by atoms with E-state index in [0.29, 0.717) is 25.0 Å². The zero-order valence-corrected chi connectivity index (χ0v) is 11.4. The summed E-state index contributed by atoms with van der Waals surface area (Å²) in [7, 11) is 0. The van der Waals surface area contributed by atoms with Crippen molar-refractivity contribution in [2.45, 2.75) is 44.8 Å². The lowest BCUT2D eigenvalue weighted by atomic mass is 10.1. The van der Waals surface area contributed by atoms with Crippen LogP contribution in [-0.2, 0) is 4.74 Å². The average Bonchev–Trinajstić information content (AvgIpc) is 2.91. The van der Waals surface area contributed by atoms with Crippen molar-refractivity contribution in [3.63, 3.8) is 0 Å². The normalized spacial score (nSPS) is 23.3. The van der Waals surface area contributed by atoms with Gasteiger partial charge in [0, 0.05) is 5.56 Å². The van der Waals surface area contributed by atoms with Crippen molar-refractivity contribution in [3.8, 4) is 0 Å². The SMILES string of the molecule is CCCC1CCC(C(F)=C(F)c2cc(F)c(F)c(F)c2)O1. The summed E-state index contributed by atoms with van der Waals surface area (Å²) >= 11 is 0. The third-order valence-electron chi connectivity index (χ3n) is 3.45. The highest BCUT2D eigenvalue weighted by molar-refractivity contribution is 5.61. The molecule has 2 rings (SSSR count). The molecule has 0 aliphatic carbocycles. The standard InChI is InChI=1S/C15H15F5O/c1-2-3-9-4-5-12(21-9)15(20)13(18)8-6-10(16)14(19)11(17)7-8/h6-7,9,12H,2-5H2,1H3. The van der Waals surface area contributed by atoms with Crippen LogP contribution in [0.15, 0.2) is 18.0 Å². The van der Waals surface area contributed by atoms with Crippen molar-refractivity contribution in [2.75, 3.05) is 0 Å². The predicted molar refractivity (Wildman–Crippen MR) is 68.3 cm³/mol. The summed E-state index contributed by atoms with van der Waals surface area (Å²) in [5.41, 5.74) is -0.675. The first kappa shape index (κ1) is 15.9. The highest BCUT2D eigenvalue weighted by atomic mass is 19.2. The van der Waals surface area contributed by atoms with Crippen LogP contribution in [0.5, 0.6) is 0 Å². The number of hydrogen-bond donors (Lipinski definition) is 0. The molecule has 1 nitrogen and oxygen atoms in total. The smallest absolute Gasteiger partial charge is 0.194 e. The highest BCUT2D eigenvalue weighted by Crippen LogP contribution is 2.33.